The summed E-state index contributed by atoms with van der Waals surface area (Å²) in [6.45, 7) is 1.26. The molecule has 7 heteroatoms. The van der Waals surface area contributed by atoms with Gasteiger partial charge in [0.25, 0.3) is 5.91 Å². The molecule has 0 aromatic rings. The number of ether oxygens (including phenoxy) is 1. The van der Waals surface area contributed by atoms with Crippen LogP contribution in [0.5, 0.6) is 0 Å². The third-order valence-corrected chi connectivity index (χ3v) is 1.53. The van der Waals surface area contributed by atoms with E-state index in [1.165, 1.54) is 14.0 Å². The topological polar surface area (TPSA) is 38.3 Å². The van der Waals surface area contributed by atoms with E-state index in [1.807, 2.05) is 0 Å². The lowest BCUT2D eigenvalue weighted by molar-refractivity contribution is -0.169. The molecule has 0 rings (SSSR count). The molecule has 3 nitrogen and oxygen atoms in total. The van der Waals surface area contributed by atoms with Crippen LogP contribution in [0, 0.1) is 0 Å². The first kappa shape index (κ1) is 13.2. The minimum Gasteiger partial charge on any atom is -0.380 e. The summed E-state index contributed by atoms with van der Waals surface area (Å²) in [4.78, 5) is 10.5. The molecule has 1 N–H and O–H groups in total. The Balaban J connectivity index is 4.08. The Bertz CT molecular complexity index is 198. The molecule has 0 aliphatic carbocycles. The minimum absolute atomic E-state index is 0.238. The van der Waals surface area contributed by atoms with Crippen LogP contribution < -0.4 is 5.32 Å². The van der Waals surface area contributed by atoms with Crippen LogP contribution in [-0.4, -0.2) is 38.0 Å². The molecule has 0 saturated carbocycles. The van der Waals surface area contributed by atoms with Crippen LogP contribution in [0.2, 0.25) is 0 Å². The number of carbonyl (C=O) groups is 1. The third-order valence-electron chi connectivity index (χ3n) is 1.53. The zero-order valence-electron chi connectivity index (χ0n) is 7.69. The summed E-state index contributed by atoms with van der Waals surface area (Å²) >= 11 is 0. The third kappa shape index (κ3) is 3.49. The van der Waals surface area contributed by atoms with Gasteiger partial charge in [-0.3, -0.25) is 4.79 Å². The zero-order valence-corrected chi connectivity index (χ0v) is 7.69. The minimum atomic E-state index is -4.65. The summed E-state index contributed by atoms with van der Waals surface area (Å²) in [7, 11) is 1.31. The zero-order chi connectivity index (χ0) is 11.4. The Morgan fingerprint density at radius 3 is 2.36 bits per heavy atom. The molecule has 0 aliphatic heterocycles. The van der Waals surface area contributed by atoms with Crippen LogP contribution in [-0.2, 0) is 9.53 Å². The SMILES string of the molecule is COC(C)CNC(=O)C(F)(F)C(F)F. The van der Waals surface area contributed by atoms with Crippen LogP contribution >= 0.6 is 0 Å². The normalized spacial score (nSPS) is 14.2. The van der Waals surface area contributed by atoms with Crippen molar-refractivity contribution >= 4 is 5.91 Å². The van der Waals surface area contributed by atoms with E-state index in [1.54, 1.807) is 5.32 Å². The van der Waals surface area contributed by atoms with E-state index in [4.69, 9.17) is 0 Å². The Morgan fingerprint density at radius 1 is 1.50 bits per heavy atom. The van der Waals surface area contributed by atoms with Crippen molar-refractivity contribution in [3.8, 4) is 0 Å². The highest BCUT2D eigenvalue weighted by molar-refractivity contribution is 5.83. The van der Waals surface area contributed by atoms with Crippen LogP contribution in [0.3, 0.4) is 0 Å². The van der Waals surface area contributed by atoms with Gasteiger partial charge in [-0.1, -0.05) is 0 Å². The summed E-state index contributed by atoms with van der Waals surface area (Å²) in [6.07, 6.45) is -4.51. The van der Waals surface area contributed by atoms with Gasteiger partial charge in [0.2, 0.25) is 0 Å². The molecule has 0 bridgehead atoms. The Kier molecular flexibility index (Phi) is 4.82. The molecule has 0 aromatic heterocycles. The molecule has 0 aliphatic rings. The van der Waals surface area contributed by atoms with Gasteiger partial charge in [-0.25, -0.2) is 8.78 Å². The molecule has 0 aromatic carbocycles. The van der Waals surface area contributed by atoms with Gasteiger partial charge >= 0.3 is 12.3 Å². The first-order chi connectivity index (χ1) is 6.32. The molecule has 1 unspecified atom stereocenters. The average Bonchev–Trinajstić information content (AvgIpc) is 2.12. The van der Waals surface area contributed by atoms with Gasteiger partial charge in [0, 0.05) is 13.7 Å². The highest BCUT2D eigenvalue weighted by atomic mass is 19.3. The van der Waals surface area contributed by atoms with Crippen molar-refractivity contribution in [2.45, 2.75) is 25.4 Å². The van der Waals surface area contributed by atoms with Crippen molar-refractivity contribution < 1.29 is 27.1 Å². The fourth-order valence-electron chi connectivity index (χ4n) is 0.537. The van der Waals surface area contributed by atoms with Crippen LogP contribution in [0.1, 0.15) is 6.92 Å². The van der Waals surface area contributed by atoms with Gasteiger partial charge in [-0.05, 0) is 6.92 Å². The van der Waals surface area contributed by atoms with Gasteiger partial charge in [0.05, 0.1) is 6.10 Å². The summed E-state index contributed by atoms with van der Waals surface area (Å²) < 4.78 is 52.5. The molecule has 1 atom stereocenters. The average molecular weight is 217 g/mol. The molecular weight excluding hydrogens is 206 g/mol. The van der Waals surface area contributed by atoms with E-state index in [9.17, 15) is 22.4 Å². The first-order valence-electron chi connectivity index (χ1n) is 3.79. The number of rotatable bonds is 5. The lowest BCUT2D eigenvalue weighted by atomic mass is 10.3. The second-order valence-corrected chi connectivity index (χ2v) is 2.68. The Morgan fingerprint density at radius 2 is 2.00 bits per heavy atom. The summed E-state index contributed by atoms with van der Waals surface area (Å²) in [5.74, 6) is -6.63. The number of methoxy groups -OCH3 is 1. The highest BCUT2D eigenvalue weighted by Gasteiger charge is 2.48. The molecule has 1 amide bonds. The van der Waals surface area contributed by atoms with Gasteiger partial charge in [0.1, 0.15) is 0 Å². The van der Waals surface area contributed by atoms with E-state index >= 15 is 0 Å². The van der Waals surface area contributed by atoms with Gasteiger partial charge in [-0.2, -0.15) is 8.78 Å². The maximum atomic E-state index is 12.3. The van der Waals surface area contributed by atoms with Crippen molar-refractivity contribution in [3.63, 3.8) is 0 Å². The quantitative estimate of drug-likeness (QED) is 0.699. The Hall–Kier alpha value is -0.850. The molecule has 0 saturated heterocycles. The van der Waals surface area contributed by atoms with Crippen LogP contribution in [0.15, 0.2) is 0 Å². The predicted octanol–water partition coefficient (Wildman–Crippen LogP) is 1.04. The molecule has 0 heterocycles. The number of nitrogens with one attached hydrogen (secondary N) is 1. The van der Waals surface area contributed by atoms with Crippen molar-refractivity contribution in [2.24, 2.45) is 0 Å². The standard InChI is InChI=1S/C7H11F4NO2/c1-4(14-2)3-12-6(13)7(10,11)5(8)9/h4-5H,3H2,1-2H3,(H,12,13). The molecular formula is C7H11F4NO2. The van der Waals surface area contributed by atoms with Gasteiger partial charge in [-0.15, -0.1) is 0 Å². The summed E-state index contributed by atoms with van der Waals surface area (Å²) in [5.41, 5.74) is 0. The Labute approximate surface area is 78.4 Å². The summed E-state index contributed by atoms with van der Waals surface area (Å²) in [5, 5.41) is 1.66. The van der Waals surface area contributed by atoms with Crippen molar-refractivity contribution in [1.29, 1.82) is 0 Å². The monoisotopic (exact) mass is 217 g/mol. The fraction of sp³-hybridized carbons (Fsp3) is 0.857. The number of alkyl halides is 4. The summed E-state index contributed by atoms with van der Waals surface area (Å²) in [6, 6.07) is 0. The number of amides is 1. The van der Waals surface area contributed by atoms with Crippen LogP contribution in [0.25, 0.3) is 0 Å². The smallest absolute Gasteiger partial charge is 0.380 e. The lowest BCUT2D eigenvalue weighted by Crippen LogP contribution is -2.47. The van der Waals surface area contributed by atoms with E-state index in [0.29, 0.717) is 0 Å². The number of hydrogen-bond acceptors (Lipinski definition) is 2. The van der Waals surface area contributed by atoms with E-state index in [2.05, 4.69) is 4.74 Å². The highest BCUT2D eigenvalue weighted by Crippen LogP contribution is 2.22. The van der Waals surface area contributed by atoms with Crippen molar-refractivity contribution in [1.82, 2.24) is 5.32 Å². The van der Waals surface area contributed by atoms with Gasteiger partial charge < -0.3 is 10.1 Å². The lowest BCUT2D eigenvalue weighted by Gasteiger charge is -2.16. The molecule has 0 radical (unpaired) electrons. The maximum absolute atomic E-state index is 12.3. The van der Waals surface area contributed by atoms with Crippen molar-refractivity contribution in [3.05, 3.63) is 0 Å². The number of carbonyl (C=O) groups excluding carboxylic acids is 1. The van der Waals surface area contributed by atoms with E-state index in [-0.39, 0.29) is 6.54 Å². The van der Waals surface area contributed by atoms with Crippen molar-refractivity contribution in [2.75, 3.05) is 13.7 Å². The second kappa shape index (κ2) is 5.14. The maximum Gasteiger partial charge on any atom is 0.383 e. The second-order valence-electron chi connectivity index (χ2n) is 2.68. The largest absolute Gasteiger partial charge is 0.383 e. The van der Waals surface area contributed by atoms with E-state index < -0.39 is 24.4 Å². The van der Waals surface area contributed by atoms with Gasteiger partial charge in [0.15, 0.2) is 0 Å². The molecule has 84 valence electrons. The van der Waals surface area contributed by atoms with E-state index in [0.717, 1.165) is 0 Å². The first-order valence-corrected chi connectivity index (χ1v) is 3.79. The predicted molar refractivity (Wildman–Crippen MR) is 40.4 cm³/mol. The molecule has 0 fully saturated rings. The number of halogens is 4. The molecule has 14 heavy (non-hydrogen) atoms. The molecule has 0 spiro atoms. The fourth-order valence-corrected chi connectivity index (χ4v) is 0.537. The number of hydrogen-bond donors (Lipinski definition) is 1. The van der Waals surface area contributed by atoms with Crippen LogP contribution in [0.4, 0.5) is 17.6 Å².